The lowest BCUT2D eigenvalue weighted by molar-refractivity contribution is 0.401. The Morgan fingerprint density at radius 3 is 2.42 bits per heavy atom. The van der Waals surface area contributed by atoms with Gasteiger partial charge in [0.2, 0.25) is 0 Å². The first-order chi connectivity index (χ1) is 8.86. The number of hydrogen-bond acceptors (Lipinski definition) is 5. The molecule has 0 aliphatic rings. The SMILES string of the molecule is COc1cc(C)c(C)cc1S(=O)(=O)n1ccc(N)n1. The van der Waals surface area contributed by atoms with Crippen LogP contribution < -0.4 is 10.5 Å². The van der Waals surface area contributed by atoms with E-state index in [-0.39, 0.29) is 16.5 Å². The predicted octanol–water partition coefficient (Wildman–Crippen LogP) is 1.33. The van der Waals surface area contributed by atoms with E-state index in [9.17, 15) is 8.42 Å². The number of nitrogens with two attached hydrogens (primary N) is 1. The Balaban J connectivity index is 2.67. The maximum absolute atomic E-state index is 12.5. The van der Waals surface area contributed by atoms with Crippen LogP contribution in [0.25, 0.3) is 0 Å². The lowest BCUT2D eigenvalue weighted by Crippen LogP contribution is -2.15. The van der Waals surface area contributed by atoms with E-state index in [4.69, 9.17) is 10.5 Å². The summed E-state index contributed by atoms with van der Waals surface area (Å²) >= 11 is 0. The minimum Gasteiger partial charge on any atom is -0.495 e. The van der Waals surface area contributed by atoms with Crippen molar-refractivity contribution < 1.29 is 13.2 Å². The third kappa shape index (κ3) is 2.28. The van der Waals surface area contributed by atoms with Crippen molar-refractivity contribution in [3.05, 3.63) is 35.5 Å². The highest BCUT2D eigenvalue weighted by molar-refractivity contribution is 7.90. The second kappa shape index (κ2) is 4.58. The Morgan fingerprint density at radius 2 is 1.89 bits per heavy atom. The lowest BCUT2D eigenvalue weighted by atomic mass is 10.1. The number of anilines is 1. The van der Waals surface area contributed by atoms with Gasteiger partial charge in [-0.3, -0.25) is 0 Å². The Kier molecular flexibility index (Phi) is 3.23. The summed E-state index contributed by atoms with van der Waals surface area (Å²) in [6.45, 7) is 3.73. The monoisotopic (exact) mass is 281 g/mol. The molecule has 0 spiro atoms. The van der Waals surface area contributed by atoms with Gasteiger partial charge < -0.3 is 10.5 Å². The molecule has 0 aliphatic carbocycles. The Bertz CT molecular complexity index is 720. The number of hydrogen-bond donors (Lipinski definition) is 1. The number of nitrogens with zero attached hydrogens (tertiary/aromatic N) is 2. The maximum Gasteiger partial charge on any atom is 0.286 e. The zero-order valence-electron chi connectivity index (χ0n) is 10.9. The molecule has 0 fully saturated rings. The van der Waals surface area contributed by atoms with Gasteiger partial charge >= 0.3 is 0 Å². The first-order valence-electron chi connectivity index (χ1n) is 5.58. The fourth-order valence-corrected chi connectivity index (χ4v) is 3.03. The molecule has 0 saturated heterocycles. The second-order valence-corrected chi connectivity index (χ2v) is 5.97. The summed E-state index contributed by atoms with van der Waals surface area (Å²) in [5.74, 6) is 0.434. The molecule has 2 rings (SSSR count). The van der Waals surface area contributed by atoms with E-state index in [2.05, 4.69) is 5.10 Å². The van der Waals surface area contributed by atoms with E-state index < -0.39 is 10.0 Å². The number of ether oxygens (including phenoxy) is 1. The van der Waals surface area contributed by atoms with Crippen molar-refractivity contribution in [2.75, 3.05) is 12.8 Å². The highest BCUT2D eigenvalue weighted by Crippen LogP contribution is 2.28. The normalized spacial score (nSPS) is 11.5. The van der Waals surface area contributed by atoms with Crippen molar-refractivity contribution in [1.29, 1.82) is 0 Å². The molecule has 0 bridgehead atoms. The van der Waals surface area contributed by atoms with Gasteiger partial charge in [-0.05, 0) is 37.1 Å². The first-order valence-corrected chi connectivity index (χ1v) is 7.02. The molecular formula is C12H15N3O3S. The minimum atomic E-state index is -3.80. The molecule has 2 N–H and O–H groups in total. The molecule has 19 heavy (non-hydrogen) atoms. The van der Waals surface area contributed by atoms with Crippen molar-refractivity contribution in [1.82, 2.24) is 9.19 Å². The summed E-state index contributed by atoms with van der Waals surface area (Å²) in [6, 6.07) is 4.68. The summed E-state index contributed by atoms with van der Waals surface area (Å²) < 4.78 is 30.9. The Hall–Kier alpha value is -2.02. The maximum atomic E-state index is 12.5. The molecule has 0 radical (unpaired) electrons. The molecule has 0 aliphatic heterocycles. The summed E-state index contributed by atoms with van der Waals surface area (Å²) in [5.41, 5.74) is 7.27. The molecule has 1 aromatic heterocycles. The Labute approximate surface area is 111 Å². The van der Waals surface area contributed by atoms with Gasteiger partial charge in [0, 0.05) is 12.3 Å². The van der Waals surface area contributed by atoms with Crippen molar-refractivity contribution in [3.63, 3.8) is 0 Å². The zero-order valence-corrected chi connectivity index (χ0v) is 11.7. The molecule has 1 aromatic carbocycles. The van der Waals surface area contributed by atoms with Crippen LogP contribution in [0.15, 0.2) is 29.3 Å². The fourth-order valence-electron chi connectivity index (χ4n) is 1.68. The minimum absolute atomic E-state index is 0.0706. The molecule has 6 nitrogen and oxygen atoms in total. The van der Waals surface area contributed by atoms with Crippen molar-refractivity contribution in [2.24, 2.45) is 0 Å². The lowest BCUT2D eigenvalue weighted by Gasteiger charge is -2.12. The van der Waals surface area contributed by atoms with Crippen LogP contribution >= 0.6 is 0 Å². The summed E-state index contributed by atoms with van der Waals surface area (Å²) in [4.78, 5) is 0.0706. The van der Waals surface area contributed by atoms with Gasteiger partial charge in [-0.2, -0.15) is 12.5 Å². The number of aromatic nitrogens is 2. The quantitative estimate of drug-likeness (QED) is 0.917. The van der Waals surface area contributed by atoms with Crippen molar-refractivity contribution in [3.8, 4) is 5.75 Å². The van der Waals surface area contributed by atoms with Crippen LogP contribution in [-0.2, 0) is 10.0 Å². The van der Waals surface area contributed by atoms with Crippen LogP contribution in [0.3, 0.4) is 0 Å². The van der Waals surface area contributed by atoms with E-state index in [1.165, 1.54) is 19.4 Å². The smallest absolute Gasteiger partial charge is 0.286 e. The van der Waals surface area contributed by atoms with Gasteiger partial charge in [-0.15, -0.1) is 5.10 Å². The molecule has 0 amide bonds. The van der Waals surface area contributed by atoms with Crippen molar-refractivity contribution >= 4 is 15.8 Å². The van der Waals surface area contributed by atoms with E-state index >= 15 is 0 Å². The van der Waals surface area contributed by atoms with Gasteiger partial charge in [-0.25, -0.2) is 0 Å². The largest absolute Gasteiger partial charge is 0.495 e. The molecule has 0 saturated carbocycles. The zero-order chi connectivity index (χ0) is 14.2. The molecule has 0 unspecified atom stereocenters. The van der Waals surface area contributed by atoms with Crippen LogP contribution in [0.5, 0.6) is 5.75 Å². The number of benzene rings is 1. The Morgan fingerprint density at radius 1 is 1.26 bits per heavy atom. The fraction of sp³-hybridized carbons (Fsp3) is 0.250. The summed E-state index contributed by atoms with van der Waals surface area (Å²) in [5, 5.41) is 3.74. The van der Waals surface area contributed by atoms with Crippen molar-refractivity contribution in [2.45, 2.75) is 18.7 Å². The van der Waals surface area contributed by atoms with E-state index in [0.29, 0.717) is 0 Å². The first kappa shape index (κ1) is 13.4. The summed E-state index contributed by atoms with van der Waals surface area (Å²) in [7, 11) is -2.37. The highest BCUT2D eigenvalue weighted by atomic mass is 32.2. The van der Waals surface area contributed by atoms with E-state index in [1.807, 2.05) is 13.8 Å². The van der Waals surface area contributed by atoms with Crippen LogP contribution in [0.2, 0.25) is 0 Å². The number of methoxy groups -OCH3 is 1. The van der Waals surface area contributed by atoms with Gasteiger partial charge in [-0.1, -0.05) is 0 Å². The molecule has 102 valence electrons. The topological polar surface area (TPSA) is 87.2 Å². The van der Waals surface area contributed by atoms with Gasteiger partial charge in [0.05, 0.1) is 7.11 Å². The average molecular weight is 281 g/mol. The van der Waals surface area contributed by atoms with Gasteiger partial charge in [0.15, 0.2) is 0 Å². The van der Waals surface area contributed by atoms with Crippen LogP contribution in [0, 0.1) is 13.8 Å². The number of nitrogen functional groups attached to an aromatic ring is 1. The van der Waals surface area contributed by atoms with E-state index in [0.717, 1.165) is 15.2 Å². The van der Waals surface area contributed by atoms with Crippen LogP contribution in [-0.4, -0.2) is 24.7 Å². The molecule has 7 heteroatoms. The molecule has 2 aromatic rings. The van der Waals surface area contributed by atoms with Gasteiger partial charge in [0.25, 0.3) is 10.0 Å². The highest BCUT2D eigenvalue weighted by Gasteiger charge is 2.23. The van der Waals surface area contributed by atoms with Crippen LogP contribution in [0.4, 0.5) is 5.82 Å². The third-order valence-corrected chi connectivity index (χ3v) is 4.46. The van der Waals surface area contributed by atoms with Gasteiger partial charge in [0.1, 0.15) is 16.5 Å². The van der Waals surface area contributed by atoms with E-state index in [1.54, 1.807) is 12.1 Å². The molecular weight excluding hydrogens is 266 g/mol. The molecule has 0 atom stereocenters. The number of rotatable bonds is 3. The predicted molar refractivity (Wildman–Crippen MR) is 71.7 cm³/mol. The third-order valence-electron chi connectivity index (χ3n) is 2.89. The average Bonchev–Trinajstić information content (AvgIpc) is 2.79. The molecule has 1 heterocycles. The second-order valence-electron chi connectivity index (χ2n) is 4.21. The number of aryl methyl sites for hydroxylation is 2. The standard InChI is InChI=1S/C12H15N3O3S/c1-8-6-10(18-3)11(7-9(8)2)19(16,17)15-5-4-12(13)14-15/h4-7H,1-3H3,(H2,13,14). The van der Waals surface area contributed by atoms with Crippen LogP contribution in [0.1, 0.15) is 11.1 Å². The summed E-state index contributed by atoms with van der Waals surface area (Å²) in [6.07, 6.45) is 1.30.